The highest BCUT2D eigenvalue weighted by molar-refractivity contribution is 7.94. The van der Waals surface area contributed by atoms with E-state index >= 15 is 0 Å². The summed E-state index contributed by atoms with van der Waals surface area (Å²) in [7, 11) is 4.08. The van der Waals surface area contributed by atoms with Gasteiger partial charge in [0.05, 0.1) is 18.8 Å². The summed E-state index contributed by atoms with van der Waals surface area (Å²) < 4.78 is 32.5. The van der Waals surface area contributed by atoms with Crippen LogP contribution >= 0.6 is 12.1 Å². The number of hydrogen-bond donors (Lipinski definition) is 0. The predicted molar refractivity (Wildman–Crippen MR) is 93.2 cm³/mol. The zero-order chi connectivity index (χ0) is 17.2. The molecular formula is C19H21F2NOS. The Morgan fingerprint density at radius 1 is 1.17 bits per heavy atom. The van der Waals surface area contributed by atoms with Crippen molar-refractivity contribution in [3.05, 3.63) is 65.0 Å². The number of rotatable bonds is 6. The van der Waals surface area contributed by atoms with Crippen LogP contribution in [0, 0.1) is 5.82 Å². The molecule has 5 heteroatoms. The van der Waals surface area contributed by atoms with Crippen LogP contribution in [0.2, 0.25) is 0 Å². The molecule has 128 valence electrons. The van der Waals surface area contributed by atoms with Crippen LogP contribution in [0.25, 0.3) is 0 Å². The normalized spacial score (nSPS) is 19.7. The largest absolute Gasteiger partial charge is 0.361 e. The molecule has 24 heavy (non-hydrogen) atoms. The third-order valence-electron chi connectivity index (χ3n) is 4.52. The van der Waals surface area contributed by atoms with Gasteiger partial charge in [0.1, 0.15) is 11.4 Å². The van der Waals surface area contributed by atoms with Crippen LogP contribution in [0.3, 0.4) is 0 Å². The summed E-state index contributed by atoms with van der Waals surface area (Å²) in [6, 6.07) is 12.1. The third kappa shape index (κ3) is 3.34. The molecule has 0 aliphatic carbocycles. The van der Waals surface area contributed by atoms with Gasteiger partial charge in [-0.2, -0.15) is 3.89 Å². The fraction of sp³-hybridized carbons (Fsp3) is 0.368. The van der Waals surface area contributed by atoms with E-state index in [0.717, 1.165) is 36.1 Å². The van der Waals surface area contributed by atoms with Gasteiger partial charge in [0.25, 0.3) is 0 Å². The van der Waals surface area contributed by atoms with Crippen molar-refractivity contribution in [1.82, 2.24) is 4.90 Å². The van der Waals surface area contributed by atoms with Crippen LogP contribution in [-0.2, 0) is 16.9 Å². The van der Waals surface area contributed by atoms with E-state index in [0.29, 0.717) is 11.5 Å². The molecule has 0 aromatic heterocycles. The first kappa shape index (κ1) is 17.4. The van der Waals surface area contributed by atoms with Crippen molar-refractivity contribution in [2.24, 2.45) is 0 Å². The van der Waals surface area contributed by atoms with Gasteiger partial charge in [-0.25, -0.2) is 4.39 Å². The quantitative estimate of drug-likeness (QED) is 0.735. The molecule has 2 aromatic rings. The highest BCUT2D eigenvalue weighted by Gasteiger charge is 2.41. The second-order valence-electron chi connectivity index (χ2n) is 6.43. The van der Waals surface area contributed by atoms with Crippen molar-refractivity contribution in [2.75, 3.05) is 20.6 Å². The second-order valence-corrected chi connectivity index (χ2v) is 7.05. The monoisotopic (exact) mass is 349 g/mol. The number of hydrogen-bond acceptors (Lipinski definition) is 3. The van der Waals surface area contributed by atoms with Crippen LogP contribution in [-0.4, -0.2) is 25.5 Å². The molecule has 1 atom stereocenters. The van der Waals surface area contributed by atoms with E-state index in [-0.39, 0.29) is 18.0 Å². The minimum atomic E-state index is -0.585. The summed E-state index contributed by atoms with van der Waals surface area (Å²) in [5, 5.41) is 0. The van der Waals surface area contributed by atoms with E-state index in [1.54, 1.807) is 18.2 Å². The van der Waals surface area contributed by atoms with Crippen molar-refractivity contribution < 1.29 is 13.0 Å². The molecule has 2 aromatic carbocycles. The smallest absolute Gasteiger partial charge is 0.123 e. The molecule has 0 saturated heterocycles. The van der Waals surface area contributed by atoms with Crippen LogP contribution in [0.4, 0.5) is 8.28 Å². The van der Waals surface area contributed by atoms with Crippen molar-refractivity contribution in [1.29, 1.82) is 0 Å². The standard InChI is InChI=1S/C19H21F2NOS/c1-22(2)11-3-10-19(15-4-6-16(20)7-5-15)18-9-8-17(24-21)12-14(18)13-23-19/h4-9,12H,3,10-11,13H2,1-2H3. The number of fused-ring (bicyclic) bond motifs is 1. The maximum atomic E-state index is 13.4. The number of halogens is 2. The number of nitrogens with zero attached hydrogens (tertiary/aromatic N) is 1. The SMILES string of the molecule is CN(C)CCCC1(c2ccc(F)cc2)OCc2cc(SF)ccc21. The summed E-state index contributed by atoms with van der Waals surface area (Å²) in [5.41, 5.74) is 2.43. The Bertz CT molecular complexity index is 705. The van der Waals surface area contributed by atoms with Gasteiger partial charge in [-0.1, -0.05) is 18.2 Å². The number of ether oxygens (including phenoxy) is 1. The lowest BCUT2D eigenvalue weighted by atomic mass is 9.82. The van der Waals surface area contributed by atoms with Crippen molar-refractivity contribution >= 4 is 12.1 Å². The maximum Gasteiger partial charge on any atom is 0.123 e. The predicted octanol–water partition coefficient (Wildman–Crippen LogP) is 4.92. The third-order valence-corrected chi connectivity index (χ3v) is 4.95. The average Bonchev–Trinajstić information content (AvgIpc) is 2.94. The summed E-state index contributed by atoms with van der Waals surface area (Å²) in [6.07, 6.45) is 1.75. The molecule has 3 rings (SSSR count). The van der Waals surface area contributed by atoms with Crippen LogP contribution < -0.4 is 0 Å². The Morgan fingerprint density at radius 3 is 2.58 bits per heavy atom. The van der Waals surface area contributed by atoms with E-state index in [1.165, 1.54) is 12.1 Å². The topological polar surface area (TPSA) is 12.5 Å². The summed E-state index contributed by atoms with van der Waals surface area (Å²) in [6.45, 7) is 1.39. The van der Waals surface area contributed by atoms with Crippen molar-refractivity contribution in [2.45, 2.75) is 29.9 Å². The Hall–Kier alpha value is -1.43. The zero-order valence-electron chi connectivity index (χ0n) is 13.9. The zero-order valence-corrected chi connectivity index (χ0v) is 14.7. The fourth-order valence-corrected chi connectivity index (χ4v) is 3.67. The van der Waals surface area contributed by atoms with Crippen LogP contribution in [0.5, 0.6) is 0 Å². The first-order valence-corrected chi connectivity index (χ1v) is 8.73. The van der Waals surface area contributed by atoms with Gasteiger partial charge in [-0.05, 0) is 74.4 Å². The molecule has 2 nitrogen and oxygen atoms in total. The average molecular weight is 349 g/mol. The van der Waals surface area contributed by atoms with E-state index < -0.39 is 5.60 Å². The van der Waals surface area contributed by atoms with Gasteiger partial charge in [-0.15, -0.1) is 0 Å². The van der Waals surface area contributed by atoms with Crippen LogP contribution in [0.1, 0.15) is 29.5 Å². The lowest BCUT2D eigenvalue weighted by molar-refractivity contribution is -0.0140. The van der Waals surface area contributed by atoms with E-state index in [1.807, 2.05) is 26.2 Å². The summed E-state index contributed by atoms with van der Waals surface area (Å²) in [5.74, 6) is -0.260. The Morgan fingerprint density at radius 2 is 1.92 bits per heavy atom. The minimum Gasteiger partial charge on any atom is -0.361 e. The molecule has 0 bridgehead atoms. The van der Waals surface area contributed by atoms with E-state index in [9.17, 15) is 8.28 Å². The van der Waals surface area contributed by atoms with Gasteiger partial charge >= 0.3 is 0 Å². The Kier molecular flexibility index (Phi) is 5.23. The van der Waals surface area contributed by atoms with Gasteiger partial charge in [-0.3, -0.25) is 0 Å². The number of benzene rings is 2. The van der Waals surface area contributed by atoms with Crippen LogP contribution in [0.15, 0.2) is 47.4 Å². The molecule has 0 saturated carbocycles. The molecule has 0 N–H and O–H groups in total. The minimum absolute atomic E-state index is 0.243. The van der Waals surface area contributed by atoms with E-state index in [4.69, 9.17) is 4.74 Å². The fourth-order valence-electron chi connectivity index (χ4n) is 3.36. The molecule has 1 heterocycles. The molecule has 0 fully saturated rings. The van der Waals surface area contributed by atoms with Crippen molar-refractivity contribution in [3.8, 4) is 0 Å². The van der Waals surface area contributed by atoms with Gasteiger partial charge in [0.2, 0.25) is 0 Å². The molecule has 0 amide bonds. The summed E-state index contributed by atoms with van der Waals surface area (Å²) in [4.78, 5) is 2.72. The highest BCUT2D eigenvalue weighted by Crippen LogP contribution is 2.46. The molecule has 1 aliphatic rings. The van der Waals surface area contributed by atoms with E-state index in [2.05, 4.69) is 4.90 Å². The molecule has 0 spiro atoms. The lowest BCUT2D eigenvalue weighted by Gasteiger charge is -2.31. The first-order chi connectivity index (χ1) is 11.5. The molecule has 1 aliphatic heterocycles. The van der Waals surface area contributed by atoms with Gasteiger partial charge < -0.3 is 9.64 Å². The Labute approximate surface area is 146 Å². The summed E-state index contributed by atoms with van der Waals surface area (Å²) >= 11 is 0.243. The van der Waals surface area contributed by atoms with Gasteiger partial charge in [0.15, 0.2) is 0 Å². The highest BCUT2D eigenvalue weighted by atomic mass is 32.2. The Balaban J connectivity index is 2.00. The lowest BCUT2D eigenvalue weighted by Crippen LogP contribution is -2.28. The molecule has 1 unspecified atom stereocenters. The van der Waals surface area contributed by atoms with Gasteiger partial charge in [0, 0.05) is 4.90 Å². The second kappa shape index (κ2) is 7.21. The van der Waals surface area contributed by atoms with Crippen molar-refractivity contribution in [3.63, 3.8) is 0 Å². The first-order valence-electron chi connectivity index (χ1n) is 8.02. The maximum absolute atomic E-state index is 13.4. The molecule has 0 radical (unpaired) electrons. The molecular weight excluding hydrogens is 328 g/mol.